The molecular formula is C20H24ClN3O3S. The summed E-state index contributed by atoms with van der Waals surface area (Å²) in [6.07, 6.45) is 1.99. The van der Waals surface area contributed by atoms with E-state index in [1.807, 2.05) is 42.3 Å². The molecule has 0 radical (unpaired) electrons. The molecule has 1 N–H and O–H groups in total. The van der Waals surface area contributed by atoms with Crippen LogP contribution >= 0.6 is 11.6 Å². The third-order valence-corrected chi connectivity index (χ3v) is 7.01. The SMILES string of the molecule is CN(CCC(=O)Nc1cc(S(=O)(=O)N2CCCC2)ccc1Cl)c1ccccc1. The van der Waals surface area contributed by atoms with Gasteiger partial charge in [0.15, 0.2) is 0 Å². The minimum absolute atomic E-state index is 0.149. The van der Waals surface area contributed by atoms with Crippen molar-refractivity contribution in [3.8, 4) is 0 Å². The third kappa shape index (κ3) is 4.84. The van der Waals surface area contributed by atoms with Gasteiger partial charge in [0.25, 0.3) is 0 Å². The highest BCUT2D eigenvalue weighted by Crippen LogP contribution is 2.28. The normalized spacial score (nSPS) is 14.8. The highest BCUT2D eigenvalue weighted by atomic mass is 35.5. The van der Waals surface area contributed by atoms with Gasteiger partial charge in [-0.05, 0) is 43.2 Å². The van der Waals surface area contributed by atoms with Crippen LogP contribution in [0.4, 0.5) is 11.4 Å². The van der Waals surface area contributed by atoms with Crippen LogP contribution in [0.25, 0.3) is 0 Å². The molecule has 0 saturated carbocycles. The van der Waals surface area contributed by atoms with Gasteiger partial charge in [-0.1, -0.05) is 29.8 Å². The van der Waals surface area contributed by atoms with Gasteiger partial charge < -0.3 is 10.2 Å². The molecule has 2 aromatic carbocycles. The van der Waals surface area contributed by atoms with Crippen LogP contribution in [-0.2, 0) is 14.8 Å². The van der Waals surface area contributed by atoms with Gasteiger partial charge in [-0.3, -0.25) is 4.79 Å². The number of para-hydroxylation sites is 1. The average Bonchev–Trinajstić information content (AvgIpc) is 3.24. The molecular weight excluding hydrogens is 398 g/mol. The molecule has 1 amide bonds. The number of sulfonamides is 1. The van der Waals surface area contributed by atoms with E-state index < -0.39 is 10.0 Å². The molecule has 0 spiro atoms. The molecule has 150 valence electrons. The van der Waals surface area contributed by atoms with Gasteiger partial charge >= 0.3 is 0 Å². The van der Waals surface area contributed by atoms with E-state index in [0.29, 0.717) is 30.3 Å². The van der Waals surface area contributed by atoms with E-state index in [9.17, 15) is 13.2 Å². The third-order valence-electron chi connectivity index (χ3n) is 4.79. The van der Waals surface area contributed by atoms with Gasteiger partial charge in [0, 0.05) is 38.8 Å². The maximum absolute atomic E-state index is 12.7. The van der Waals surface area contributed by atoms with E-state index in [2.05, 4.69) is 5.32 Å². The van der Waals surface area contributed by atoms with Crippen molar-refractivity contribution in [2.75, 3.05) is 36.9 Å². The van der Waals surface area contributed by atoms with E-state index in [1.165, 1.54) is 22.5 Å². The molecule has 0 aromatic heterocycles. The van der Waals surface area contributed by atoms with Crippen molar-refractivity contribution in [2.24, 2.45) is 0 Å². The zero-order valence-electron chi connectivity index (χ0n) is 15.8. The predicted octanol–water partition coefficient (Wildman–Crippen LogP) is 3.59. The smallest absolute Gasteiger partial charge is 0.243 e. The zero-order chi connectivity index (χ0) is 20.1. The summed E-state index contributed by atoms with van der Waals surface area (Å²) in [4.78, 5) is 14.5. The Bertz CT molecular complexity index is 929. The summed E-state index contributed by atoms with van der Waals surface area (Å²) in [5, 5.41) is 3.05. The largest absolute Gasteiger partial charge is 0.374 e. The van der Waals surface area contributed by atoms with Crippen LogP contribution in [0.15, 0.2) is 53.4 Å². The molecule has 0 aliphatic carbocycles. The number of nitrogens with one attached hydrogen (secondary N) is 1. The average molecular weight is 422 g/mol. The Hall–Kier alpha value is -2.09. The lowest BCUT2D eigenvalue weighted by Gasteiger charge is -2.19. The molecule has 3 rings (SSSR count). The van der Waals surface area contributed by atoms with Crippen LogP contribution in [0.5, 0.6) is 0 Å². The van der Waals surface area contributed by atoms with Crippen molar-refractivity contribution < 1.29 is 13.2 Å². The van der Waals surface area contributed by atoms with Crippen LogP contribution in [0.2, 0.25) is 5.02 Å². The number of nitrogens with zero attached hydrogens (tertiary/aromatic N) is 2. The number of carbonyl (C=O) groups excluding carboxylic acids is 1. The van der Waals surface area contributed by atoms with Crippen molar-refractivity contribution in [3.63, 3.8) is 0 Å². The number of carbonyl (C=O) groups is 1. The van der Waals surface area contributed by atoms with Gasteiger partial charge in [0.2, 0.25) is 15.9 Å². The maximum atomic E-state index is 12.7. The molecule has 1 heterocycles. The molecule has 28 heavy (non-hydrogen) atoms. The van der Waals surface area contributed by atoms with Crippen LogP contribution in [0.1, 0.15) is 19.3 Å². The zero-order valence-corrected chi connectivity index (χ0v) is 17.3. The van der Waals surface area contributed by atoms with Gasteiger partial charge in [-0.25, -0.2) is 8.42 Å². The Labute approximate surface area is 171 Å². The fraction of sp³-hybridized carbons (Fsp3) is 0.350. The summed E-state index contributed by atoms with van der Waals surface area (Å²) in [6.45, 7) is 1.58. The van der Waals surface area contributed by atoms with Crippen LogP contribution < -0.4 is 10.2 Å². The molecule has 6 nitrogen and oxygen atoms in total. The number of anilines is 2. The van der Waals surface area contributed by atoms with Crippen LogP contribution in [-0.4, -0.2) is 45.3 Å². The summed E-state index contributed by atoms with van der Waals surface area (Å²) >= 11 is 6.18. The molecule has 1 saturated heterocycles. The lowest BCUT2D eigenvalue weighted by molar-refractivity contribution is -0.116. The molecule has 0 unspecified atom stereocenters. The van der Waals surface area contributed by atoms with Crippen molar-refractivity contribution in [1.29, 1.82) is 0 Å². The fourth-order valence-electron chi connectivity index (χ4n) is 3.13. The van der Waals surface area contributed by atoms with Gasteiger partial charge in [0.1, 0.15) is 0 Å². The molecule has 2 aromatic rings. The second kappa shape index (κ2) is 8.94. The number of hydrogen-bond acceptors (Lipinski definition) is 4. The highest BCUT2D eigenvalue weighted by Gasteiger charge is 2.27. The van der Waals surface area contributed by atoms with Crippen LogP contribution in [0.3, 0.4) is 0 Å². The van der Waals surface area contributed by atoms with Crippen molar-refractivity contribution in [1.82, 2.24) is 4.31 Å². The monoisotopic (exact) mass is 421 g/mol. The molecule has 1 fully saturated rings. The number of rotatable bonds is 7. The summed E-state index contributed by atoms with van der Waals surface area (Å²) in [7, 11) is -1.64. The van der Waals surface area contributed by atoms with Crippen molar-refractivity contribution >= 4 is 38.9 Å². The highest BCUT2D eigenvalue weighted by molar-refractivity contribution is 7.89. The maximum Gasteiger partial charge on any atom is 0.243 e. The second-order valence-electron chi connectivity index (χ2n) is 6.81. The summed E-state index contributed by atoms with van der Waals surface area (Å²) in [5.41, 5.74) is 1.33. The Balaban J connectivity index is 1.65. The minimum atomic E-state index is -3.56. The first-order valence-electron chi connectivity index (χ1n) is 9.23. The van der Waals surface area contributed by atoms with Crippen molar-refractivity contribution in [3.05, 3.63) is 53.6 Å². The quantitative estimate of drug-likeness (QED) is 0.741. The topological polar surface area (TPSA) is 69.7 Å². The molecule has 1 aliphatic heterocycles. The lowest BCUT2D eigenvalue weighted by atomic mass is 10.2. The standard InChI is InChI=1S/C20H24ClN3O3S/c1-23(16-7-3-2-4-8-16)14-11-20(25)22-19-15-17(9-10-18(19)21)28(26,27)24-12-5-6-13-24/h2-4,7-10,15H,5-6,11-14H2,1H3,(H,22,25). The first kappa shape index (κ1) is 20.6. The number of benzene rings is 2. The lowest BCUT2D eigenvalue weighted by Crippen LogP contribution is -2.28. The van der Waals surface area contributed by atoms with Gasteiger partial charge in [-0.15, -0.1) is 0 Å². The predicted molar refractivity (Wildman–Crippen MR) is 112 cm³/mol. The van der Waals surface area contributed by atoms with E-state index >= 15 is 0 Å². The summed E-state index contributed by atoms with van der Waals surface area (Å²) in [5.74, 6) is -0.222. The number of hydrogen-bond donors (Lipinski definition) is 1. The Morgan fingerprint density at radius 1 is 1.14 bits per heavy atom. The number of amides is 1. The summed E-state index contributed by atoms with van der Waals surface area (Å²) in [6, 6.07) is 14.2. The Kier molecular flexibility index (Phi) is 6.59. The molecule has 0 bridgehead atoms. The fourth-order valence-corrected chi connectivity index (χ4v) is 4.84. The summed E-state index contributed by atoms with van der Waals surface area (Å²) < 4.78 is 26.9. The van der Waals surface area contributed by atoms with Crippen molar-refractivity contribution in [2.45, 2.75) is 24.2 Å². The van der Waals surface area contributed by atoms with Gasteiger partial charge in [-0.2, -0.15) is 4.31 Å². The molecule has 8 heteroatoms. The Morgan fingerprint density at radius 2 is 1.82 bits per heavy atom. The first-order chi connectivity index (χ1) is 13.4. The minimum Gasteiger partial charge on any atom is -0.374 e. The van der Waals surface area contributed by atoms with Gasteiger partial charge in [0.05, 0.1) is 15.6 Å². The first-order valence-corrected chi connectivity index (χ1v) is 11.1. The molecule has 1 aliphatic rings. The van der Waals surface area contributed by atoms with E-state index in [1.54, 1.807) is 0 Å². The van der Waals surface area contributed by atoms with E-state index in [0.717, 1.165) is 18.5 Å². The second-order valence-corrected chi connectivity index (χ2v) is 9.15. The van der Waals surface area contributed by atoms with E-state index in [-0.39, 0.29) is 17.2 Å². The molecule has 0 atom stereocenters. The van der Waals surface area contributed by atoms with E-state index in [4.69, 9.17) is 11.6 Å². The Morgan fingerprint density at radius 3 is 2.50 bits per heavy atom. The number of halogens is 1. The van der Waals surface area contributed by atoms with Crippen LogP contribution in [0, 0.1) is 0 Å².